The van der Waals surface area contributed by atoms with Gasteiger partial charge < -0.3 is 9.05 Å². The van der Waals surface area contributed by atoms with Crippen LogP contribution in [-0.2, 0) is 13.6 Å². The van der Waals surface area contributed by atoms with Crippen molar-refractivity contribution >= 4 is 13.8 Å². The first kappa shape index (κ1) is 12.9. The van der Waals surface area contributed by atoms with Gasteiger partial charge in [-0.05, 0) is 12.1 Å². The Labute approximate surface area is 99.1 Å². The van der Waals surface area contributed by atoms with Crippen molar-refractivity contribution in [2.45, 2.75) is 6.18 Å². The monoisotopic (exact) mass is 282 g/mol. The number of rotatable bonds is 2. The van der Waals surface area contributed by atoms with Gasteiger partial charge in [0.15, 0.2) is 6.61 Å². The normalized spacial score (nSPS) is 22.9. The van der Waals surface area contributed by atoms with Crippen LogP contribution in [-0.4, -0.2) is 18.8 Å². The predicted molar refractivity (Wildman–Crippen MR) is 52.1 cm³/mol. The molecule has 2 rings (SSSR count). The molecule has 0 spiro atoms. The second-order valence-corrected chi connectivity index (χ2v) is 4.82. The molecular formula is C9H6F3O5P. The molecule has 1 aromatic rings. The Balaban J connectivity index is 2.19. The van der Waals surface area contributed by atoms with E-state index in [1.54, 1.807) is 0 Å². The van der Waals surface area contributed by atoms with Gasteiger partial charge in [0.1, 0.15) is 11.3 Å². The van der Waals surface area contributed by atoms with Crippen molar-refractivity contribution in [1.29, 1.82) is 0 Å². The Morgan fingerprint density at radius 3 is 2.56 bits per heavy atom. The van der Waals surface area contributed by atoms with Gasteiger partial charge in [-0.15, -0.1) is 0 Å². The zero-order chi connectivity index (χ0) is 13.4. The van der Waals surface area contributed by atoms with Gasteiger partial charge >= 0.3 is 20.0 Å². The number of para-hydroxylation sites is 1. The fraction of sp³-hybridized carbons (Fsp3) is 0.222. The first-order valence-electron chi connectivity index (χ1n) is 4.63. The third-order valence-electron chi connectivity index (χ3n) is 1.90. The first-order valence-corrected chi connectivity index (χ1v) is 6.09. The number of benzene rings is 1. The lowest BCUT2D eigenvalue weighted by Crippen LogP contribution is -2.21. The summed E-state index contributed by atoms with van der Waals surface area (Å²) in [5.74, 6) is -1.19. The van der Waals surface area contributed by atoms with Gasteiger partial charge in [-0.25, -0.2) is 9.36 Å². The molecule has 1 aromatic carbocycles. The van der Waals surface area contributed by atoms with Crippen LogP contribution in [0.15, 0.2) is 24.3 Å². The zero-order valence-corrected chi connectivity index (χ0v) is 9.53. The van der Waals surface area contributed by atoms with Crippen molar-refractivity contribution in [3.05, 3.63) is 29.8 Å². The largest absolute Gasteiger partial charge is 0.590 e. The van der Waals surface area contributed by atoms with Crippen LogP contribution in [0.2, 0.25) is 0 Å². The van der Waals surface area contributed by atoms with Crippen LogP contribution in [0, 0.1) is 0 Å². The van der Waals surface area contributed by atoms with Gasteiger partial charge in [-0.1, -0.05) is 12.1 Å². The van der Waals surface area contributed by atoms with E-state index in [1.807, 2.05) is 0 Å². The first-order chi connectivity index (χ1) is 8.29. The number of carbonyl (C=O) groups excluding carboxylic acids is 1. The fourth-order valence-corrected chi connectivity index (χ4v) is 2.36. The van der Waals surface area contributed by atoms with Crippen LogP contribution in [0.5, 0.6) is 5.75 Å². The minimum atomic E-state index is -4.70. The lowest BCUT2D eigenvalue weighted by atomic mass is 10.2. The molecule has 0 aromatic heterocycles. The number of phosphoric ester groups is 1. The van der Waals surface area contributed by atoms with Crippen molar-refractivity contribution in [2.24, 2.45) is 0 Å². The van der Waals surface area contributed by atoms with Crippen LogP contribution in [0.4, 0.5) is 13.2 Å². The van der Waals surface area contributed by atoms with Crippen LogP contribution in [0.25, 0.3) is 0 Å². The maximum atomic E-state index is 11.9. The highest BCUT2D eigenvalue weighted by molar-refractivity contribution is 7.49. The molecule has 0 bridgehead atoms. The lowest BCUT2D eigenvalue weighted by molar-refractivity contribution is -0.156. The van der Waals surface area contributed by atoms with Crippen LogP contribution in [0.3, 0.4) is 0 Å². The van der Waals surface area contributed by atoms with Gasteiger partial charge in [0.05, 0.1) is 0 Å². The number of hydrogen-bond acceptors (Lipinski definition) is 5. The molecule has 0 N–H and O–H groups in total. The third-order valence-corrected chi connectivity index (χ3v) is 3.15. The van der Waals surface area contributed by atoms with Crippen molar-refractivity contribution in [1.82, 2.24) is 0 Å². The maximum absolute atomic E-state index is 11.9. The van der Waals surface area contributed by atoms with E-state index < -0.39 is 26.6 Å². The summed E-state index contributed by atoms with van der Waals surface area (Å²) < 4.78 is 60.4. The number of halogens is 3. The lowest BCUT2D eigenvalue weighted by Gasteiger charge is -2.23. The molecule has 18 heavy (non-hydrogen) atoms. The minimum Gasteiger partial charge on any atom is -0.394 e. The molecule has 9 heteroatoms. The topological polar surface area (TPSA) is 61.8 Å². The van der Waals surface area contributed by atoms with Crippen molar-refractivity contribution in [2.75, 3.05) is 6.61 Å². The molecular weight excluding hydrogens is 276 g/mol. The molecule has 0 amide bonds. The average molecular weight is 282 g/mol. The zero-order valence-electron chi connectivity index (χ0n) is 8.64. The van der Waals surface area contributed by atoms with E-state index in [-0.39, 0.29) is 11.3 Å². The van der Waals surface area contributed by atoms with Gasteiger partial charge in [0, 0.05) is 0 Å². The fourth-order valence-electron chi connectivity index (χ4n) is 1.21. The van der Waals surface area contributed by atoms with Crippen molar-refractivity contribution < 1.29 is 36.1 Å². The molecule has 0 fully saturated rings. The smallest absolute Gasteiger partial charge is 0.394 e. The Hall–Kier alpha value is -1.53. The number of alkyl halides is 3. The Kier molecular flexibility index (Phi) is 3.08. The molecule has 0 radical (unpaired) electrons. The van der Waals surface area contributed by atoms with Crippen LogP contribution >= 0.6 is 7.82 Å². The number of fused-ring (bicyclic) bond motifs is 1. The third kappa shape index (κ3) is 2.83. The summed E-state index contributed by atoms with van der Waals surface area (Å²) in [5.41, 5.74) is -0.0282. The number of hydrogen-bond donors (Lipinski definition) is 0. The highest BCUT2D eigenvalue weighted by atomic mass is 31.2. The van der Waals surface area contributed by atoms with E-state index in [0.29, 0.717) is 0 Å². The molecule has 1 aliphatic rings. The summed E-state index contributed by atoms with van der Waals surface area (Å²) in [4.78, 5) is 11.4. The van der Waals surface area contributed by atoms with Crippen LogP contribution < -0.4 is 4.52 Å². The summed E-state index contributed by atoms with van der Waals surface area (Å²) >= 11 is 0. The Morgan fingerprint density at radius 1 is 1.22 bits per heavy atom. The molecule has 0 saturated carbocycles. The second-order valence-electron chi connectivity index (χ2n) is 3.30. The second kappa shape index (κ2) is 4.29. The molecule has 0 aliphatic carbocycles. The van der Waals surface area contributed by atoms with E-state index in [9.17, 15) is 22.5 Å². The molecule has 1 heterocycles. The SMILES string of the molecule is O=C1OP(=O)(OCC(F)(F)F)Oc2ccccc21. The summed E-state index contributed by atoms with van der Waals surface area (Å²) in [7, 11) is -4.57. The summed E-state index contributed by atoms with van der Waals surface area (Å²) in [6.07, 6.45) is -4.70. The average Bonchev–Trinajstić information content (AvgIpc) is 2.26. The van der Waals surface area contributed by atoms with Gasteiger partial charge in [0.2, 0.25) is 0 Å². The minimum absolute atomic E-state index is 0.0282. The van der Waals surface area contributed by atoms with E-state index in [2.05, 4.69) is 13.6 Å². The van der Waals surface area contributed by atoms with Gasteiger partial charge in [-0.3, -0.25) is 4.52 Å². The van der Waals surface area contributed by atoms with Crippen molar-refractivity contribution in [3.8, 4) is 5.75 Å². The summed E-state index contributed by atoms with van der Waals surface area (Å²) in [6.45, 7) is -1.83. The molecule has 0 saturated heterocycles. The molecule has 1 aliphatic heterocycles. The molecule has 1 atom stereocenters. The predicted octanol–water partition coefficient (Wildman–Crippen LogP) is 2.92. The highest BCUT2D eigenvalue weighted by Gasteiger charge is 2.43. The van der Waals surface area contributed by atoms with E-state index in [1.165, 1.54) is 24.3 Å². The Bertz CT molecular complexity index is 527. The highest BCUT2D eigenvalue weighted by Crippen LogP contribution is 2.54. The van der Waals surface area contributed by atoms with E-state index in [4.69, 9.17) is 0 Å². The summed E-state index contributed by atoms with van der Waals surface area (Å²) in [5, 5.41) is 0. The molecule has 1 unspecified atom stereocenters. The molecule has 98 valence electrons. The number of carbonyl (C=O) groups is 1. The number of phosphoric acid groups is 1. The standard InChI is InChI=1S/C9H6F3O5P/c10-9(11,12)5-15-18(14)16-7-4-2-1-3-6(7)8(13)17-18/h1-4H,5H2. The van der Waals surface area contributed by atoms with E-state index >= 15 is 0 Å². The van der Waals surface area contributed by atoms with E-state index in [0.717, 1.165) is 0 Å². The van der Waals surface area contributed by atoms with Gasteiger partial charge in [0.25, 0.3) is 0 Å². The molecule has 5 nitrogen and oxygen atoms in total. The van der Waals surface area contributed by atoms with Crippen LogP contribution in [0.1, 0.15) is 10.4 Å². The summed E-state index contributed by atoms with van der Waals surface area (Å²) in [6, 6.07) is 5.56. The maximum Gasteiger partial charge on any atom is 0.590 e. The van der Waals surface area contributed by atoms with Gasteiger partial charge in [-0.2, -0.15) is 13.2 Å². The van der Waals surface area contributed by atoms with Crippen molar-refractivity contribution in [3.63, 3.8) is 0 Å². The quantitative estimate of drug-likeness (QED) is 0.780. The Morgan fingerprint density at radius 2 is 1.89 bits per heavy atom.